The van der Waals surface area contributed by atoms with Crippen LogP contribution in [0.25, 0.3) is 0 Å². The summed E-state index contributed by atoms with van der Waals surface area (Å²) in [5, 5.41) is 10.6. The molecule has 19 heteroatoms. The van der Waals surface area contributed by atoms with Gasteiger partial charge in [0.05, 0.1) is 26.4 Å². The average Bonchev–Trinajstić information content (AvgIpc) is 1.30. The second-order valence-corrected chi connectivity index (χ2v) is 32.2. The maximum atomic E-state index is 13.1. The van der Waals surface area contributed by atoms with E-state index >= 15 is 0 Å². The van der Waals surface area contributed by atoms with E-state index in [1.54, 1.807) is 0 Å². The fourth-order valence-electron chi connectivity index (χ4n) is 11.6. The van der Waals surface area contributed by atoms with Gasteiger partial charge in [-0.1, -0.05) is 331 Å². The number of aliphatic hydroxyl groups is 1. The van der Waals surface area contributed by atoms with Crippen molar-refractivity contribution < 1.29 is 80.2 Å². The summed E-state index contributed by atoms with van der Waals surface area (Å²) in [6.45, 7) is 14.1. The molecule has 0 fully saturated rings. The fourth-order valence-corrected chi connectivity index (χ4v) is 13.1. The Kier molecular flexibility index (Phi) is 64.0. The van der Waals surface area contributed by atoms with Crippen molar-refractivity contribution in [3.63, 3.8) is 0 Å². The van der Waals surface area contributed by atoms with Crippen LogP contribution >= 0.6 is 15.6 Å². The van der Waals surface area contributed by atoms with Gasteiger partial charge in [0.1, 0.15) is 19.3 Å². The highest BCUT2D eigenvalue weighted by Crippen LogP contribution is 2.45. The van der Waals surface area contributed by atoms with Crippen LogP contribution in [0.3, 0.4) is 0 Å². The summed E-state index contributed by atoms with van der Waals surface area (Å²) in [4.78, 5) is 72.7. The molecule has 0 saturated heterocycles. The summed E-state index contributed by atoms with van der Waals surface area (Å²) >= 11 is 0. The van der Waals surface area contributed by atoms with Crippen molar-refractivity contribution in [2.75, 3.05) is 39.6 Å². The Morgan fingerprint density at radius 1 is 0.263 bits per heavy atom. The molecule has 3 N–H and O–H groups in total. The quantitative estimate of drug-likeness (QED) is 0.0222. The third-order valence-corrected chi connectivity index (χ3v) is 19.5. The maximum absolute atomic E-state index is 13.1. The van der Waals surface area contributed by atoms with Crippen molar-refractivity contribution >= 4 is 39.5 Å². The molecule has 0 spiro atoms. The lowest BCUT2D eigenvalue weighted by Crippen LogP contribution is -2.30. The van der Waals surface area contributed by atoms with Gasteiger partial charge in [-0.25, -0.2) is 9.13 Å². The predicted molar refractivity (Wildman–Crippen MR) is 386 cm³/mol. The number of unbranched alkanes of at least 4 members (excludes halogenated alkanes) is 39. The minimum Gasteiger partial charge on any atom is -0.462 e. The zero-order valence-corrected chi connectivity index (χ0v) is 64.1. The van der Waals surface area contributed by atoms with Crippen LogP contribution < -0.4 is 0 Å². The second kappa shape index (κ2) is 65.4. The lowest BCUT2D eigenvalue weighted by atomic mass is 10.0. The number of phosphoric acid groups is 2. The molecule has 17 nitrogen and oxygen atoms in total. The molecular weight excluding hydrogens is 1250 g/mol. The van der Waals surface area contributed by atoms with Gasteiger partial charge in [-0.05, 0) is 49.4 Å². The van der Waals surface area contributed by atoms with Crippen LogP contribution in [0.4, 0.5) is 0 Å². The van der Waals surface area contributed by atoms with Crippen LogP contribution in [0.1, 0.15) is 383 Å². The second-order valence-electron chi connectivity index (χ2n) is 29.3. The molecule has 0 aliphatic heterocycles. The molecule has 0 saturated carbocycles. The standard InChI is InChI=1S/C76H148O17P2/c1-66(2)52-44-36-28-22-18-14-10-9-11-17-21-25-32-42-50-58-75(80)92-72(63-87-74(79)57-49-41-35-34-39-47-55-69(7)8)65-91-95(84,85)89-61-70(77)60-88-94(82,83)90-64-71(93-76(81)59-51-43-33-27-26-30-38-46-54-68(5)6)62-86-73(78)56-48-40-31-24-20-16-13-12-15-19-23-29-37-45-53-67(3)4/h66-72,77H,9-65H2,1-8H3,(H,82,83)(H,84,85)/t70?,71-,72-/m1/s1. The molecule has 0 radical (unpaired) electrons. The van der Waals surface area contributed by atoms with Crippen molar-refractivity contribution in [2.45, 2.75) is 401 Å². The minimum absolute atomic E-state index is 0.104. The van der Waals surface area contributed by atoms with E-state index in [0.717, 1.165) is 114 Å². The fraction of sp³-hybridized carbons (Fsp3) is 0.947. The number of hydrogen-bond acceptors (Lipinski definition) is 15. The number of hydrogen-bond donors (Lipinski definition) is 3. The van der Waals surface area contributed by atoms with Gasteiger partial charge in [-0.15, -0.1) is 0 Å². The molecule has 0 aromatic rings. The first-order valence-corrected chi connectivity index (χ1v) is 42.2. The molecule has 3 unspecified atom stereocenters. The molecule has 0 rings (SSSR count). The topological polar surface area (TPSA) is 237 Å². The molecule has 95 heavy (non-hydrogen) atoms. The summed E-state index contributed by atoms with van der Waals surface area (Å²) in [6, 6.07) is 0. The van der Waals surface area contributed by atoms with E-state index in [9.17, 15) is 43.2 Å². The van der Waals surface area contributed by atoms with E-state index < -0.39 is 97.5 Å². The Labute approximate surface area is 581 Å². The molecule has 5 atom stereocenters. The highest BCUT2D eigenvalue weighted by atomic mass is 31.2. The Morgan fingerprint density at radius 3 is 0.653 bits per heavy atom. The first-order chi connectivity index (χ1) is 45.6. The van der Waals surface area contributed by atoms with Crippen LogP contribution in [0.15, 0.2) is 0 Å². The Bertz CT molecular complexity index is 1870. The molecule has 0 aliphatic carbocycles. The first kappa shape index (κ1) is 93.1. The average molecular weight is 1400 g/mol. The normalized spacial score (nSPS) is 14.1. The van der Waals surface area contributed by atoms with Gasteiger partial charge < -0.3 is 33.8 Å². The van der Waals surface area contributed by atoms with Gasteiger partial charge in [-0.2, -0.15) is 0 Å². The minimum atomic E-state index is -4.96. The van der Waals surface area contributed by atoms with E-state index in [2.05, 4.69) is 55.4 Å². The zero-order valence-electron chi connectivity index (χ0n) is 62.3. The number of carbonyl (C=O) groups excluding carboxylic acids is 4. The van der Waals surface area contributed by atoms with Crippen LogP contribution in [-0.2, 0) is 65.4 Å². The van der Waals surface area contributed by atoms with Crippen molar-refractivity contribution in [3.8, 4) is 0 Å². The van der Waals surface area contributed by atoms with Crippen molar-refractivity contribution in [1.82, 2.24) is 0 Å². The summed E-state index contributed by atoms with van der Waals surface area (Å²) in [7, 11) is -9.91. The number of phosphoric ester groups is 2. The van der Waals surface area contributed by atoms with Gasteiger partial charge in [0.15, 0.2) is 12.2 Å². The zero-order chi connectivity index (χ0) is 70.3. The van der Waals surface area contributed by atoms with Crippen LogP contribution in [-0.4, -0.2) is 96.7 Å². The van der Waals surface area contributed by atoms with Crippen molar-refractivity contribution in [2.24, 2.45) is 23.7 Å². The van der Waals surface area contributed by atoms with E-state index in [1.807, 2.05) is 0 Å². The largest absolute Gasteiger partial charge is 0.472 e. The molecule has 0 aromatic heterocycles. The molecule has 0 bridgehead atoms. The lowest BCUT2D eigenvalue weighted by Gasteiger charge is -2.21. The highest BCUT2D eigenvalue weighted by Gasteiger charge is 2.30. The summed E-state index contributed by atoms with van der Waals surface area (Å²) in [5.74, 6) is 0.875. The van der Waals surface area contributed by atoms with Crippen molar-refractivity contribution in [1.29, 1.82) is 0 Å². The predicted octanol–water partition coefficient (Wildman–Crippen LogP) is 22.0. The van der Waals surface area contributed by atoms with Crippen LogP contribution in [0.2, 0.25) is 0 Å². The SMILES string of the molecule is CC(C)CCCCCCCCCCCCCCCCCC(=O)O[C@H](COC(=O)CCCCCCCCC(C)C)COP(=O)(O)OCC(O)COP(=O)(O)OC[C@@H](COC(=O)CCCCCCCCCCCCCCCCC(C)C)OC(=O)CCCCCCCCCCC(C)C. The molecule has 0 aromatic carbocycles. The van der Waals surface area contributed by atoms with E-state index in [4.69, 9.17) is 37.0 Å². The molecule has 0 heterocycles. The monoisotopic (exact) mass is 1400 g/mol. The number of esters is 4. The number of carbonyl (C=O) groups is 4. The van der Waals surface area contributed by atoms with E-state index in [1.165, 1.54) is 180 Å². The van der Waals surface area contributed by atoms with Gasteiger partial charge in [-0.3, -0.25) is 37.3 Å². The molecule has 564 valence electrons. The number of rotatable bonds is 73. The van der Waals surface area contributed by atoms with E-state index in [0.29, 0.717) is 31.6 Å². The lowest BCUT2D eigenvalue weighted by molar-refractivity contribution is -0.161. The Morgan fingerprint density at radius 2 is 0.442 bits per heavy atom. The highest BCUT2D eigenvalue weighted by molar-refractivity contribution is 7.47. The molecule has 0 aliphatic rings. The first-order valence-electron chi connectivity index (χ1n) is 39.2. The van der Waals surface area contributed by atoms with Crippen LogP contribution in [0.5, 0.6) is 0 Å². The third-order valence-electron chi connectivity index (χ3n) is 17.6. The number of aliphatic hydroxyl groups excluding tert-OH is 1. The molecule has 0 amide bonds. The smallest absolute Gasteiger partial charge is 0.462 e. The number of ether oxygens (including phenoxy) is 4. The summed E-state index contributed by atoms with van der Waals surface area (Å²) in [6.07, 6.45) is 50.2. The summed E-state index contributed by atoms with van der Waals surface area (Å²) in [5.41, 5.74) is 0. The molecular formula is C76H148O17P2. The Balaban J connectivity index is 5.18. The van der Waals surface area contributed by atoms with Gasteiger partial charge in [0.2, 0.25) is 0 Å². The van der Waals surface area contributed by atoms with Gasteiger partial charge >= 0.3 is 39.5 Å². The van der Waals surface area contributed by atoms with Gasteiger partial charge in [0.25, 0.3) is 0 Å². The van der Waals surface area contributed by atoms with E-state index in [-0.39, 0.29) is 25.7 Å². The third kappa shape index (κ3) is 70.3. The maximum Gasteiger partial charge on any atom is 0.472 e. The summed E-state index contributed by atoms with van der Waals surface area (Å²) < 4.78 is 68.5. The van der Waals surface area contributed by atoms with Crippen LogP contribution in [0, 0.1) is 23.7 Å². The van der Waals surface area contributed by atoms with Gasteiger partial charge in [0, 0.05) is 25.7 Å². The Hall–Kier alpha value is -1.94. The van der Waals surface area contributed by atoms with Crippen molar-refractivity contribution in [3.05, 3.63) is 0 Å².